The Balaban J connectivity index is 2.56. The molecule has 1 aromatic carbocycles. The molecule has 0 fully saturated rings. The van der Waals surface area contributed by atoms with E-state index in [9.17, 15) is 15.0 Å². The molecule has 112 valence electrons. The number of benzene rings is 1. The molecule has 0 aliphatic heterocycles. The molecule has 5 nitrogen and oxygen atoms in total. The third-order valence-electron chi connectivity index (χ3n) is 3.05. The van der Waals surface area contributed by atoms with Crippen LogP contribution in [0.2, 0.25) is 0 Å². The Kier molecular flexibility index (Phi) is 7.22. The fraction of sp³-hybridized carbons (Fsp3) is 0.533. The lowest BCUT2D eigenvalue weighted by molar-refractivity contribution is -0.119. The molecule has 2 unspecified atom stereocenters. The molecule has 0 radical (unpaired) electrons. The summed E-state index contributed by atoms with van der Waals surface area (Å²) in [5.41, 5.74) is 1.76. The van der Waals surface area contributed by atoms with Gasteiger partial charge in [-0.25, -0.2) is 0 Å². The minimum atomic E-state index is -0.940. The maximum Gasteiger partial charge on any atom is 0.216 e. The molecular weight excluding hydrogens is 256 g/mol. The molecule has 0 saturated carbocycles. The molecule has 1 rings (SSSR count). The van der Waals surface area contributed by atoms with Gasteiger partial charge in [-0.3, -0.25) is 4.79 Å². The molecule has 20 heavy (non-hydrogen) atoms. The molecule has 0 heterocycles. The van der Waals surface area contributed by atoms with E-state index < -0.39 is 12.2 Å². The van der Waals surface area contributed by atoms with Crippen molar-refractivity contribution in [3.05, 3.63) is 35.4 Å². The van der Waals surface area contributed by atoms with Crippen molar-refractivity contribution >= 4 is 5.91 Å². The molecule has 4 N–H and O–H groups in total. The van der Waals surface area contributed by atoms with Gasteiger partial charge in [-0.1, -0.05) is 31.2 Å². The zero-order chi connectivity index (χ0) is 15.0. The van der Waals surface area contributed by atoms with E-state index in [0.717, 1.165) is 18.7 Å². The summed E-state index contributed by atoms with van der Waals surface area (Å²) in [6.45, 7) is 5.42. The Morgan fingerprint density at radius 3 is 2.75 bits per heavy atom. The van der Waals surface area contributed by atoms with Crippen molar-refractivity contribution in [1.82, 2.24) is 10.6 Å². The van der Waals surface area contributed by atoms with Crippen LogP contribution in [0.1, 0.15) is 37.5 Å². The van der Waals surface area contributed by atoms with Gasteiger partial charge in [0.2, 0.25) is 5.91 Å². The van der Waals surface area contributed by atoms with E-state index in [1.165, 1.54) is 6.92 Å². The molecule has 0 spiro atoms. The Labute approximate surface area is 120 Å². The maximum atomic E-state index is 10.7. The fourth-order valence-electron chi connectivity index (χ4n) is 1.93. The van der Waals surface area contributed by atoms with Gasteiger partial charge in [-0.05, 0) is 24.1 Å². The number of carbonyl (C=O) groups is 1. The van der Waals surface area contributed by atoms with Crippen LogP contribution in [0.3, 0.4) is 0 Å². The van der Waals surface area contributed by atoms with Crippen LogP contribution in [0.15, 0.2) is 24.3 Å². The number of aliphatic hydroxyl groups is 2. The van der Waals surface area contributed by atoms with E-state index in [4.69, 9.17) is 0 Å². The van der Waals surface area contributed by atoms with E-state index in [2.05, 4.69) is 10.6 Å². The van der Waals surface area contributed by atoms with Crippen molar-refractivity contribution in [2.24, 2.45) is 0 Å². The van der Waals surface area contributed by atoms with Crippen molar-refractivity contribution in [1.29, 1.82) is 0 Å². The summed E-state index contributed by atoms with van der Waals surface area (Å²) in [6, 6.07) is 7.52. The smallest absolute Gasteiger partial charge is 0.216 e. The van der Waals surface area contributed by atoms with E-state index >= 15 is 0 Å². The highest BCUT2D eigenvalue weighted by molar-refractivity contribution is 5.72. The summed E-state index contributed by atoms with van der Waals surface area (Å²) >= 11 is 0. The highest BCUT2D eigenvalue weighted by atomic mass is 16.3. The lowest BCUT2D eigenvalue weighted by Crippen LogP contribution is -2.27. The molecule has 0 bridgehead atoms. The molecule has 1 aromatic rings. The predicted molar refractivity (Wildman–Crippen MR) is 78.1 cm³/mol. The number of carbonyl (C=O) groups excluding carboxylic acids is 1. The third-order valence-corrected chi connectivity index (χ3v) is 3.05. The minimum absolute atomic E-state index is 0.140. The summed E-state index contributed by atoms with van der Waals surface area (Å²) in [6.07, 6.45) is -1.51. The SMILES string of the molecule is CCNCc1cccc(C(O)C(O)CCNC(C)=O)c1. The van der Waals surface area contributed by atoms with E-state index in [-0.39, 0.29) is 5.91 Å². The van der Waals surface area contributed by atoms with Crippen LogP contribution in [0.5, 0.6) is 0 Å². The van der Waals surface area contributed by atoms with Gasteiger partial charge in [0.1, 0.15) is 6.10 Å². The number of nitrogens with one attached hydrogen (secondary N) is 2. The normalized spacial score (nSPS) is 13.8. The topological polar surface area (TPSA) is 81.6 Å². The molecule has 0 aliphatic carbocycles. The number of aliphatic hydroxyl groups excluding tert-OH is 2. The number of hydrogen-bond acceptors (Lipinski definition) is 4. The van der Waals surface area contributed by atoms with Crippen molar-refractivity contribution in [2.45, 2.75) is 39.0 Å². The van der Waals surface area contributed by atoms with E-state index in [0.29, 0.717) is 18.5 Å². The van der Waals surface area contributed by atoms with Crippen LogP contribution in [-0.2, 0) is 11.3 Å². The van der Waals surface area contributed by atoms with Crippen molar-refractivity contribution in [3.8, 4) is 0 Å². The second kappa shape index (κ2) is 8.68. The van der Waals surface area contributed by atoms with Gasteiger partial charge in [0, 0.05) is 20.0 Å². The maximum absolute atomic E-state index is 10.7. The quantitative estimate of drug-likeness (QED) is 0.565. The van der Waals surface area contributed by atoms with Crippen molar-refractivity contribution in [3.63, 3.8) is 0 Å². The summed E-state index contributed by atoms with van der Waals surface area (Å²) in [5.74, 6) is -0.140. The summed E-state index contributed by atoms with van der Waals surface area (Å²) < 4.78 is 0. The van der Waals surface area contributed by atoms with Crippen LogP contribution in [0.4, 0.5) is 0 Å². The summed E-state index contributed by atoms with van der Waals surface area (Å²) in [7, 11) is 0. The summed E-state index contributed by atoms with van der Waals surface area (Å²) in [5, 5.41) is 25.9. The average molecular weight is 280 g/mol. The second-order valence-corrected chi connectivity index (χ2v) is 4.81. The zero-order valence-corrected chi connectivity index (χ0v) is 12.1. The standard InChI is InChI=1S/C15H24N2O3/c1-3-16-10-12-5-4-6-13(9-12)15(20)14(19)7-8-17-11(2)18/h4-6,9,14-16,19-20H,3,7-8,10H2,1-2H3,(H,17,18). The van der Waals surface area contributed by atoms with Crippen molar-refractivity contribution < 1.29 is 15.0 Å². The first-order valence-corrected chi connectivity index (χ1v) is 6.94. The van der Waals surface area contributed by atoms with Crippen LogP contribution in [0.25, 0.3) is 0 Å². The van der Waals surface area contributed by atoms with Crippen LogP contribution < -0.4 is 10.6 Å². The molecular formula is C15H24N2O3. The third kappa shape index (κ3) is 5.69. The van der Waals surface area contributed by atoms with Gasteiger partial charge in [-0.15, -0.1) is 0 Å². The second-order valence-electron chi connectivity index (χ2n) is 4.81. The van der Waals surface area contributed by atoms with Gasteiger partial charge in [0.25, 0.3) is 0 Å². The first kappa shape index (κ1) is 16.6. The number of hydrogen-bond donors (Lipinski definition) is 4. The van der Waals surface area contributed by atoms with E-state index in [1.54, 1.807) is 6.07 Å². The van der Waals surface area contributed by atoms with Crippen LogP contribution in [0, 0.1) is 0 Å². The minimum Gasteiger partial charge on any atom is -0.390 e. The Morgan fingerprint density at radius 1 is 1.35 bits per heavy atom. The van der Waals surface area contributed by atoms with Gasteiger partial charge in [0.05, 0.1) is 6.10 Å². The Morgan fingerprint density at radius 2 is 2.10 bits per heavy atom. The monoisotopic (exact) mass is 280 g/mol. The van der Waals surface area contributed by atoms with Crippen molar-refractivity contribution in [2.75, 3.05) is 13.1 Å². The molecule has 2 atom stereocenters. The van der Waals surface area contributed by atoms with Gasteiger partial charge in [-0.2, -0.15) is 0 Å². The first-order chi connectivity index (χ1) is 9.54. The van der Waals surface area contributed by atoms with E-state index in [1.807, 2.05) is 25.1 Å². The largest absolute Gasteiger partial charge is 0.390 e. The Hall–Kier alpha value is -1.43. The lowest BCUT2D eigenvalue weighted by Gasteiger charge is -2.19. The molecule has 0 aromatic heterocycles. The Bertz CT molecular complexity index is 423. The molecule has 0 saturated heterocycles. The highest BCUT2D eigenvalue weighted by Crippen LogP contribution is 2.19. The van der Waals surface area contributed by atoms with Crippen LogP contribution >= 0.6 is 0 Å². The van der Waals surface area contributed by atoms with Gasteiger partial charge >= 0.3 is 0 Å². The fourth-order valence-corrected chi connectivity index (χ4v) is 1.93. The van der Waals surface area contributed by atoms with Gasteiger partial charge in [0.15, 0.2) is 0 Å². The zero-order valence-electron chi connectivity index (χ0n) is 12.1. The molecule has 1 amide bonds. The predicted octanol–water partition coefficient (Wildman–Crippen LogP) is 0.717. The van der Waals surface area contributed by atoms with Crippen LogP contribution in [-0.4, -0.2) is 35.3 Å². The highest BCUT2D eigenvalue weighted by Gasteiger charge is 2.18. The molecule has 5 heteroatoms. The lowest BCUT2D eigenvalue weighted by atomic mass is 10.00. The number of rotatable bonds is 8. The first-order valence-electron chi connectivity index (χ1n) is 6.94. The van der Waals surface area contributed by atoms with Gasteiger partial charge < -0.3 is 20.8 Å². The summed E-state index contributed by atoms with van der Waals surface area (Å²) in [4.78, 5) is 10.7. The molecule has 0 aliphatic rings. The number of amides is 1. The average Bonchev–Trinajstić information content (AvgIpc) is 2.44.